The van der Waals surface area contributed by atoms with Gasteiger partial charge in [0.15, 0.2) is 0 Å². The summed E-state index contributed by atoms with van der Waals surface area (Å²) in [7, 11) is 1.74. The second-order valence-corrected chi connectivity index (χ2v) is 4.98. The number of methoxy groups -OCH3 is 1. The average Bonchev–Trinajstić information content (AvgIpc) is 2.31. The van der Waals surface area contributed by atoms with E-state index < -0.39 is 0 Å². The topological polar surface area (TPSA) is 35.2 Å². The van der Waals surface area contributed by atoms with E-state index in [1.54, 1.807) is 7.11 Å². The van der Waals surface area contributed by atoms with Crippen LogP contribution in [0.5, 0.6) is 0 Å². The van der Waals surface area contributed by atoms with E-state index >= 15 is 0 Å². The van der Waals surface area contributed by atoms with E-state index in [4.69, 9.17) is 10.5 Å². The highest BCUT2D eigenvalue weighted by Crippen LogP contribution is 2.16. The first kappa shape index (κ1) is 13.7. The van der Waals surface area contributed by atoms with Gasteiger partial charge in [-0.15, -0.1) is 0 Å². The van der Waals surface area contributed by atoms with Crippen LogP contribution in [-0.4, -0.2) is 20.3 Å². The molecule has 2 N–H and O–H groups in total. The van der Waals surface area contributed by atoms with Crippen LogP contribution in [0.4, 0.5) is 0 Å². The van der Waals surface area contributed by atoms with Gasteiger partial charge in [-0.3, -0.25) is 0 Å². The Balaban J connectivity index is 2.40. The maximum Gasteiger partial charge on any atom is 0.0462 e. The average molecular weight is 286 g/mol. The maximum absolute atomic E-state index is 5.78. The molecule has 1 aromatic carbocycles. The van der Waals surface area contributed by atoms with Crippen LogP contribution in [0.25, 0.3) is 0 Å². The first-order valence-corrected chi connectivity index (χ1v) is 6.49. The molecule has 1 unspecified atom stereocenters. The van der Waals surface area contributed by atoms with Crippen molar-refractivity contribution in [3.8, 4) is 0 Å². The summed E-state index contributed by atoms with van der Waals surface area (Å²) in [6, 6.07) is 8.47. The van der Waals surface area contributed by atoms with Gasteiger partial charge in [-0.05, 0) is 49.4 Å². The van der Waals surface area contributed by atoms with Gasteiger partial charge in [-0.1, -0.05) is 28.1 Å². The van der Waals surface area contributed by atoms with E-state index in [2.05, 4.69) is 40.2 Å². The van der Waals surface area contributed by atoms with Crippen molar-refractivity contribution in [1.82, 2.24) is 0 Å². The van der Waals surface area contributed by atoms with Crippen LogP contribution in [0.2, 0.25) is 0 Å². The smallest absolute Gasteiger partial charge is 0.0462 e. The van der Waals surface area contributed by atoms with Crippen molar-refractivity contribution in [2.75, 3.05) is 20.3 Å². The zero-order valence-corrected chi connectivity index (χ0v) is 11.4. The van der Waals surface area contributed by atoms with Crippen LogP contribution in [0, 0.1) is 5.92 Å². The molecule has 1 atom stereocenters. The Labute approximate surface area is 106 Å². The third-order valence-electron chi connectivity index (χ3n) is 2.73. The molecule has 0 radical (unpaired) electrons. The molecule has 2 nitrogen and oxygen atoms in total. The van der Waals surface area contributed by atoms with Crippen molar-refractivity contribution in [3.05, 3.63) is 34.3 Å². The highest BCUT2D eigenvalue weighted by atomic mass is 79.9. The Morgan fingerprint density at radius 3 is 2.56 bits per heavy atom. The second kappa shape index (κ2) is 7.82. The summed E-state index contributed by atoms with van der Waals surface area (Å²) in [5, 5.41) is 0. The predicted octanol–water partition coefficient (Wildman–Crippen LogP) is 2.99. The molecule has 0 saturated heterocycles. The zero-order valence-electron chi connectivity index (χ0n) is 9.79. The summed E-state index contributed by atoms with van der Waals surface area (Å²) in [5.74, 6) is 0.566. The van der Waals surface area contributed by atoms with Crippen LogP contribution in [-0.2, 0) is 11.2 Å². The first-order chi connectivity index (χ1) is 7.76. The fraction of sp³-hybridized carbons (Fsp3) is 0.538. The van der Waals surface area contributed by atoms with E-state index in [1.165, 1.54) is 5.56 Å². The Bertz CT molecular complexity index is 286. The Kier molecular flexibility index (Phi) is 6.69. The van der Waals surface area contributed by atoms with Gasteiger partial charge < -0.3 is 10.5 Å². The minimum absolute atomic E-state index is 0.566. The van der Waals surface area contributed by atoms with Crippen LogP contribution in [0.3, 0.4) is 0 Å². The van der Waals surface area contributed by atoms with Gasteiger partial charge in [0, 0.05) is 18.2 Å². The summed E-state index contributed by atoms with van der Waals surface area (Å²) in [4.78, 5) is 0. The SMILES string of the molecule is COCCCC(CN)Cc1ccc(Br)cc1. The van der Waals surface area contributed by atoms with E-state index in [0.29, 0.717) is 5.92 Å². The molecule has 0 aliphatic carbocycles. The molecule has 90 valence electrons. The van der Waals surface area contributed by atoms with Gasteiger partial charge in [-0.2, -0.15) is 0 Å². The number of ether oxygens (including phenoxy) is 1. The molecule has 0 amide bonds. The van der Waals surface area contributed by atoms with E-state index in [9.17, 15) is 0 Å². The normalized spacial score (nSPS) is 12.7. The molecule has 0 heterocycles. The minimum Gasteiger partial charge on any atom is -0.385 e. The largest absolute Gasteiger partial charge is 0.385 e. The number of benzene rings is 1. The summed E-state index contributed by atoms with van der Waals surface area (Å²) in [6.45, 7) is 1.58. The lowest BCUT2D eigenvalue weighted by molar-refractivity contribution is 0.187. The predicted molar refractivity (Wildman–Crippen MR) is 71.5 cm³/mol. The molecule has 16 heavy (non-hydrogen) atoms. The molecule has 0 aliphatic rings. The van der Waals surface area contributed by atoms with Gasteiger partial charge in [0.25, 0.3) is 0 Å². The van der Waals surface area contributed by atoms with Crippen molar-refractivity contribution in [2.45, 2.75) is 19.3 Å². The Morgan fingerprint density at radius 1 is 1.31 bits per heavy atom. The third-order valence-corrected chi connectivity index (χ3v) is 3.26. The van der Waals surface area contributed by atoms with Crippen LogP contribution in [0.1, 0.15) is 18.4 Å². The molecule has 1 rings (SSSR count). The molecule has 0 saturated carbocycles. The van der Waals surface area contributed by atoms with Gasteiger partial charge >= 0.3 is 0 Å². The molecule has 0 bridgehead atoms. The fourth-order valence-corrected chi connectivity index (χ4v) is 2.04. The number of hydrogen-bond donors (Lipinski definition) is 1. The zero-order chi connectivity index (χ0) is 11.8. The summed E-state index contributed by atoms with van der Waals surface area (Å²) in [6.07, 6.45) is 3.29. The van der Waals surface area contributed by atoms with E-state index in [1.807, 2.05) is 0 Å². The number of halogens is 1. The summed E-state index contributed by atoms with van der Waals surface area (Å²) >= 11 is 3.44. The standard InChI is InChI=1S/C13H20BrNO/c1-16-8-2-3-12(10-15)9-11-4-6-13(14)7-5-11/h4-7,12H,2-3,8-10,15H2,1H3. The second-order valence-electron chi connectivity index (χ2n) is 4.07. The molecule has 3 heteroatoms. The third kappa shape index (κ3) is 5.10. The lowest BCUT2D eigenvalue weighted by atomic mass is 9.95. The molecule has 1 aromatic rings. The monoisotopic (exact) mass is 285 g/mol. The highest BCUT2D eigenvalue weighted by Gasteiger charge is 2.07. The molecule has 0 spiro atoms. The molecule has 0 fully saturated rings. The van der Waals surface area contributed by atoms with Crippen LogP contribution >= 0.6 is 15.9 Å². The van der Waals surface area contributed by atoms with Gasteiger partial charge in [0.1, 0.15) is 0 Å². The Hall–Kier alpha value is -0.380. The van der Waals surface area contributed by atoms with Crippen LogP contribution in [0.15, 0.2) is 28.7 Å². The van der Waals surface area contributed by atoms with E-state index in [0.717, 1.165) is 36.9 Å². The lowest BCUT2D eigenvalue weighted by Crippen LogP contribution is -2.17. The fourth-order valence-electron chi connectivity index (χ4n) is 1.77. The summed E-state index contributed by atoms with van der Waals surface area (Å²) in [5.41, 5.74) is 7.14. The van der Waals surface area contributed by atoms with Crippen LogP contribution < -0.4 is 5.73 Å². The van der Waals surface area contributed by atoms with Gasteiger partial charge in [0.2, 0.25) is 0 Å². The van der Waals surface area contributed by atoms with Gasteiger partial charge in [-0.25, -0.2) is 0 Å². The van der Waals surface area contributed by atoms with E-state index in [-0.39, 0.29) is 0 Å². The van der Waals surface area contributed by atoms with Crippen molar-refractivity contribution >= 4 is 15.9 Å². The Morgan fingerprint density at radius 2 is 2.00 bits per heavy atom. The van der Waals surface area contributed by atoms with Crippen molar-refractivity contribution in [2.24, 2.45) is 11.7 Å². The number of rotatable bonds is 7. The lowest BCUT2D eigenvalue weighted by Gasteiger charge is -2.14. The van der Waals surface area contributed by atoms with Crippen molar-refractivity contribution < 1.29 is 4.74 Å². The first-order valence-electron chi connectivity index (χ1n) is 5.69. The molecular weight excluding hydrogens is 266 g/mol. The number of nitrogens with two attached hydrogens (primary N) is 1. The van der Waals surface area contributed by atoms with Crippen molar-refractivity contribution in [3.63, 3.8) is 0 Å². The quantitative estimate of drug-likeness (QED) is 0.782. The van der Waals surface area contributed by atoms with Gasteiger partial charge in [0.05, 0.1) is 0 Å². The van der Waals surface area contributed by atoms with Crippen molar-refractivity contribution in [1.29, 1.82) is 0 Å². The molecular formula is C13H20BrNO. The summed E-state index contributed by atoms with van der Waals surface area (Å²) < 4.78 is 6.18. The minimum atomic E-state index is 0.566. The maximum atomic E-state index is 5.78. The highest BCUT2D eigenvalue weighted by molar-refractivity contribution is 9.10. The molecule has 0 aromatic heterocycles. The number of hydrogen-bond acceptors (Lipinski definition) is 2. The molecule has 0 aliphatic heterocycles.